The molecule has 1 aromatic rings. The normalized spacial score (nSPS) is 16.3. The Bertz CT molecular complexity index is 385. The van der Waals surface area contributed by atoms with Gasteiger partial charge in [0.15, 0.2) is 0 Å². The quantitative estimate of drug-likeness (QED) is 0.722. The molecule has 2 rings (SSSR count). The van der Waals surface area contributed by atoms with E-state index in [1.54, 1.807) is 0 Å². The molecule has 1 fully saturated rings. The highest BCUT2D eigenvalue weighted by Crippen LogP contribution is 2.48. The molecular weight excluding hydrogens is 224 g/mol. The van der Waals surface area contributed by atoms with Crippen LogP contribution in [0.4, 0.5) is 0 Å². The molecule has 3 heteroatoms. The number of benzene rings is 1. The molecular formula is C15H22N2O. The molecule has 0 radical (unpaired) electrons. The van der Waals surface area contributed by atoms with Crippen molar-refractivity contribution in [2.24, 2.45) is 11.1 Å². The summed E-state index contributed by atoms with van der Waals surface area (Å²) < 4.78 is 0. The van der Waals surface area contributed by atoms with E-state index in [2.05, 4.69) is 17.4 Å². The second kappa shape index (κ2) is 6.01. The van der Waals surface area contributed by atoms with Crippen molar-refractivity contribution in [1.29, 1.82) is 0 Å². The van der Waals surface area contributed by atoms with Gasteiger partial charge in [0.1, 0.15) is 0 Å². The van der Waals surface area contributed by atoms with Gasteiger partial charge in [0, 0.05) is 6.54 Å². The van der Waals surface area contributed by atoms with Crippen LogP contribution in [-0.2, 0) is 11.2 Å². The Morgan fingerprint density at radius 3 is 2.56 bits per heavy atom. The standard InChI is InChI=1S/C15H22N2O/c16-10-4-5-11-17-14(18)15(8-9-15)12-13-6-2-1-3-7-13/h1-3,6-7H,4-5,8-12,16H2,(H,17,18). The Hall–Kier alpha value is -1.35. The number of hydrogen-bond acceptors (Lipinski definition) is 2. The zero-order valence-electron chi connectivity index (χ0n) is 10.8. The van der Waals surface area contributed by atoms with Crippen LogP contribution in [-0.4, -0.2) is 19.0 Å². The van der Waals surface area contributed by atoms with E-state index < -0.39 is 0 Å². The lowest BCUT2D eigenvalue weighted by Crippen LogP contribution is -2.34. The Morgan fingerprint density at radius 2 is 1.94 bits per heavy atom. The maximum absolute atomic E-state index is 12.2. The molecule has 1 saturated carbocycles. The number of carbonyl (C=O) groups excluding carboxylic acids is 1. The van der Waals surface area contributed by atoms with Crippen molar-refractivity contribution in [2.75, 3.05) is 13.1 Å². The fraction of sp³-hybridized carbons (Fsp3) is 0.533. The summed E-state index contributed by atoms with van der Waals surface area (Å²) in [5.74, 6) is 0.225. The SMILES string of the molecule is NCCCCNC(=O)C1(Cc2ccccc2)CC1. The minimum Gasteiger partial charge on any atom is -0.356 e. The van der Waals surface area contributed by atoms with Crippen LogP contribution >= 0.6 is 0 Å². The van der Waals surface area contributed by atoms with Gasteiger partial charge in [-0.2, -0.15) is 0 Å². The van der Waals surface area contributed by atoms with Crippen molar-refractivity contribution < 1.29 is 4.79 Å². The number of nitrogens with one attached hydrogen (secondary N) is 1. The number of hydrogen-bond donors (Lipinski definition) is 2. The Morgan fingerprint density at radius 1 is 1.22 bits per heavy atom. The maximum Gasteiger partial charge on any atom is 0.226 e. The number of rotatable bonds is 7. The van der Waals surface area contributed by atoms with E-state index in [-0.39, 0.29) is 11.3 Å². The highest BCUT2D eigenvalue weighted by Gasteiger charge is 2.49. The lowest BCUT2D eigenvalue weighted by molar-refractivity contribution is -0.126. The predicted octanol–water partition coefficient (Wildman–Crippen LogP) is 1.86. The van der Waals surface area contributed by atoms with Gasteiger partial charge in [-0.3, -0.25) is 4.79 Å². The summed E-state index contributed by atoms with van der Waals surface area (Å²) in [6.45, 7) is 1.46. The Balaban J connectivity index is 1.82. The van der Waals surface area contributed by atoms with Crippen LogP contribution in [0.3, 0.4) is 0 Å². The molecule has 3 nitrogen and oxygen atoms in total. The molecule has 0 saturated heterocycles. The zero-order chi connectivity index (χ0) is 12.8. The molecule has 1 aromatic carbocycles. The minimum atomic E-state index is -0.121. The fourth-order valence-electron chi connectivity index (χ4n) is 2.28. The Kier molecular flexibility index (Phi) is 4.37. The van der Waals surface area contributed by atoms with E-state index in [9.17, 15) is 4.79 Å². The van der Waals surface area contributed by atoms with Crippen molar-refractivity contribution in [3.05, 3.63) is 35.9 Å². The smallest absolute Gasteiger partial charge is 0.226 e. The number of carbonyl (C=O) groups is 1. The first-order chi connectivity index (χ1) is 8.77. The fourth-order valence-corrected chi connectivity index (χ4v) is 2.28. The predicted molar refractivity (Wildman–Crippen MR) is 73.1 cm³/mol. The first kappa shape index (κ1) is 13.1. The van der Waals surface area contributed by atoms with E-state index >= 15 is 0 Å². The molecule has 0 aromatic heterocycles. The number of amides is 1. The van der Waals surface area contributed by atoms with Gasteiger partial charge in [-0.1, -0.05) is 30.3 Å². The third-order valence-electron chi connectivity index (χ3n) is 3.64. The van der Waals surface area contributed by atoms with Crippen molar-refractivity contribution in [3.63, 3.8) is 0 Å². The second-order valence-corrected chi connectivity index (χ2v) is 5.19. The van der Waals surface area contributed by atoms with Gasteiger partial charge in [0.2, 0.25) is 5.91 Å². The van der Waals surface area contributed by atoms with E-state index in [1.165, 1.54) is 5.56 Å². The number of unbranched alkanes of at least 4 members (excludes halogenated alkanes) is 1. The van der Waals surface area contributed by atoms with Crippen LogP contribution in [0.1, 0.15) is 31.2 Å². The zero-order valence-corrected chi connectivity index (χ0v) is 10.8. The summed E-state index contributed by atoms with van der Waals surface area (Å²) in [6, 6.07) is 10.3. The van der Waals surface area contributed by atoms with Gasteiger partial charge in [-0.25, -0.2) is 0 Å². The first-order valence-corrected chi connectivity index (χ1v) is 6.79. The van der Waals surface area contributed by atoms with Gasteiger partial charge in [-0.15, -0.1) is 0 Å². The monoisotopic (exact) mass is 246 g/mol. The van der Waals surface area contributed by atoms with Crippen LogP contribution in [0, 0.1) is 5.41 Å². The van der Waals surface area contributed by atoms with Gasteiger partial charge >= 0.3 is 0 Å². The summed E-state index contributed by atoms with van der Waals surface area (Å²) in [5.41, 5.74) is 6.57. The lowest BCUT2D eigenvalue weighted by atomic mass is 9.95. The second-order valence-electron chi connectivity index (χ2n) is 5.19. The third kappa shape index (κ3) is 3.33. The first-order valence-electron chi connectivity index (χ1n) is 6.79. The van der Waals surface area contributed by atoms with Gasteiger partial charge in [-0.05, 0) is 44.2 Å². The Labute approximate surface area is 109 Å². The molecule has 0 heterocycles. The van der Waals surface area contributed by atoms with Gasteiger partial charge in [0.05, 0.1) is 5.41 Å². The highest BCUT2D eigenvalue weighted by atomic mass is 16.2. The summed E-state index contributed by atoms with van der Waals surface area (Å²) in [6.07, 6.45) is 4.86. The van der Waals surface area contributed by atoms with E-state index in [4.69, 9.17) is 5.73 Å². The maximum atomic E-state index is 12.2. The third-order valence-corrected chi connectivity index (χ3v) is 3.64. The van der Waals surface area contributed by atoms with Crippen LogP contribution in [0.5, 0.6) is 0 Å². The average Bonchev–Trinajstić information content (AvgIpc) is 3.16. The summed E-state index contributed by atoms with van der Waals surface area (Å²) >= 11 is 0. The van der Waals surface area contributed by atoms with Crippen LogP contribution < -0.4 is 11.1 Å². The van der Waals surface area contributed by atoms with Gasteiger partial charge < -0.3 is 11.1 Å². The summed E-state index contributed by atoms with van der Waals surface area (Å²) in [4.78, 5) is 12.2. The van der Waals surface area contributed by atoms with Crippen LogP contribution in [0.25, 0.3) is 0 Å². The molecule has 0 bridgehead atoms. The molecule has 1 amide bonds. The average molecular weight is 246 g/mol. The molecule has 0 aliphatic heterocycles. The molecule has 98 valence electrons. The van der Waals surface area contributed by atoms with E-state index in [0.29, 0.717) is 6.54 Å². The molecule has 0 atom stereocenters. The minimum absolute atomic E-state index is 0.121. The summed E-state index contributed by atoms with van der Waals surface area (Å²) in [7, 11) is 0. The molecule has 3 N–H and O–H groups in total. The highest BCUT2D eigenvalue weighted by molar-refractivity contribution is 5.85. The van der Waals surface area contributed by atoms with Crippen molar-refractivity contribution in [3.8, 4) is 0 Å². The van der Waals surface area contributed by atoms with E-state index in [1.807, 2.05) is 18.2 Å². The van der Waals surface area contributed by atoms with Crippen molar-refractivity contribution in [2.45, 2.75) is 32.1 Å². The largest absolute Gasteiger partial charge is 0.356 e. The molecule has 0 spiro atoms. The van der Waals surface area contributed by atoms with Crippen LogP contribution in [0.2, 0.25) is 0 Å². The summed E-state index contributed by atoms with van der Waals surface area (Å²) in [5, 5.41) is 3.05. The van der Waals surface area contributed by atoms with Gasteiger partial charge in [0.25, 0.3) is 0 Å². The molecule has 1 aliphatic rings. The van der Waals surface area contributed by atoms with Crippen LogP contribution in [0.15, 0.2) is 30.3 Å². The van der Waals surface area contributed by atoms with Crippen molar-refractivity contribution in [1.82, 2.24) is 5.32 Å². The lowest BCUT2D eigenvalue weighted by Gasteiger charge is -2.15. The molecule has 1 aliphatic carbocycles. The number of nitrogens with two attached hydrogens (primary N) is 1. The van der Waals surface area contributed by atoms with E-state index in [0.717, 1.165) is 38.6 Å². The van der Waals surface area contributed by atoms with Crippen molar-refractivity contribution >= 4 is 5.91 Å². The molecule has 0 unspecified atom stereocenters. The topological polar surface area (TPSA) is 55.1 Å². The molecule has 18 heavy (non-hydrogen) atoms.